The highest BCUT2D eigenvalue weighted by Gasteiger charge is 2.34. The van der Waals surface area contributed by atoms with Crippen LogP contribution in [0.15, 0.2) is 53.4 Å². The Labute approximate surface area is 211 Å². The molecule has 2 N–H and O–H groups in total. The lowest BCUT2D eigenvalue weighted by atomic mass is 9.90. The lowest BCUT2D eigenvalue weighted by Crippen LogP contribution is -2.40. The number of thioether (sulfide) groups is 1. The van der Waals surface area contributed by atoms with Gasteiger partial charge in [-0.2, -0.15) is 26.3 Å². The summed E-state index contributed by atoms with van der Waals surface area (Å²) in [4.78, 5) is 16.2. The molecule has 3 aromatic rings. The van der Waals surface area contributed by atoms with Gasteiger partial charge in [-0.1, -0.05) is 17.7 Å². The van der Waals surface area contributed by atoms with Crippen molar-refractivity contribution in [2.75, 3.05) is 5.32 Å². The molecule has 4 nitrogen and oxygen atoms in total. The zero-order chi connectivity index (χ0) is 26.1. The summed E-state index contributed by atoms with van der Waals surface area (Å²) in [7, 11) is 0. The molecule has 4 rings (SSSR count). The molecule has 1 saturated carbocycles. The van der Waals surface area contributed by atoms with E-state index in [0.29, 0.717) is 36.1 Å². The summed E-state index contributed by atoms with van der Waals surface area (Å²) in [5, 5.41) is 6.87. The fraction of sp³-hybridized carbons (Fsp3) is 0.333. The van der Waals surface area contributed by atoms with E-state index in [0.717, 1.165) is 6.07 Å². The minimum Gasteiger partial charge on any atom is -0.382 e. The van der Waals surface area contributed by atoms with Crippen LogP contribution in [0, 0.1) is 0 Å². The molecule has 1 aliphatic carbocycles. The Kier molecular flexibility index (Phi) is 7.61. The molecule has 1 amide bonds. The van der Waals surface area contributed by atoms with E-state index in [1.807, 2.05) is 0 Å². The van der Waals surface area contributed by atoms with Crippen LogP contribution in [-0.4, -0.2) is 28.5 Å². The fourth-order valence-corrected chi connectivity index (χ4v) is 4.94. The molecule has 0 radical (unpaired) electrons. The number of amides is 1. The second kappa shape index (κ2) is 10.4. The number of rotatable bonds is 5. The molecule has 12 heteroatoms. The van der Waals surface area contributed by atoms with Crippen molar-refractivity contribution in [3.63, 3.8) is 0 Å². The maximum absolute atomic E-state index is 13.4. The minimum absolute atomic E-state index is 0.0778. The van der Waals surface area contributed by atoms with Crippen molar-refractivity contribution in [1.82, 2.24) is 10.3 Å². The summed E-state index contributed by atoms with van der Waals surface area (Å²) in [5.74, 6) is -0.472. The molecule has 192 valence electrons. The quantitative estimate of drug-likeness (QED) is 0.254. The third kappa shape index (κ3) is 6.76. The van der Waals surface area contributed by atoms with Crippen LogP contribution in [0.4, 0.5) is 32.0 Å². The van der Waals surface area contributed by atoms with Crippen LogP contribution in [0.25, 0.3) is 10.9 Å². The van der Waals surface area contributed by atoms with Crippen molar-refractivity contribution < 1.29 is 31.1 Å². The predicted octanol–water partition coefficient (Wildman–Crippen LogP) is 7.67. The largest absolute Gasteiger partial charge is 0.446 e. The highest BCUT2D eigenvalue weighted by molar-refractivity contribution is 8.00. The summed E-state index contributed by atoms with van der Waals surface area (Å²) < 4.78 is 77.9. The van der Waals surface area contributed by atoms with Gasteiger partial charge in [0.05, 0.1) is 5.52 Å². The first-order valence-electron chi connectivity index (χ1n) is 11.0. The van der Waals surface area contributed by atoms with Crippen LogP contribution in [0.5, 0.6) is 0 Å². The van der Waals surface area contributed by atoms with Gasteiger partial charge in [-0.05, 0) is 79.9 Å². The van der Waals surface area contributed by atoms with Crippen molar-refractivity contribution in [2.45, 2.75) is 54.3 Å². The van der Waals surface area contributed by atoms with E-state index in [1.54, 1.807) is 6.07 Å². The van der Waals surface area contributed by atoms with Gasteiger partial charge in [0, 0.05) is 38.6 Å². The van der Waals surface area contributed by atoms with Gasteiger partial charge < -0.3 is 10.6 Å². The lowest BCUT2D eigenvalue weighted by molar-refractivity contribution is -0.140. The second-order valence-electron chi connectivity index (χ2n) is 8.46. The first kappa shape index (κ1) is 26.4. The summed E-state index contributed by atoms with van der Waals surface area (Å²) in [6.07, 6.45) is -2.37. The number of anilines is 1. The van der Waals surface area contributed by atoms with Crippen LogP contribution >= 0.6 is 23.4 Å². The molecule has 0 spiro atoms. The van der Waals surface area contributed by atoms with Crippen LogP contribution in [0.3, 0.4) is 0 Å². The zero-order valence-electron chi connectivity index (χ0n) is 18.5. The number of halogens is 7. The van der Waals surface area contributed by atoms with E-state index in [4.69, 9.17) is 11.6 Å². The van der Waals surface area contributed by atoms with E-state index in [-0.39, 0.29) is 45.5 Å². The third-order valence-corrected chi connectivity index (χ3v) is 6.77. The van der Waals surface area contributed by atoms with Crippen LogP contribution < -0.4 is 10.6 Å². The molecule has 0 saturated heterocycles. The highest BCUT2D eigenvalue weighted by atomic mass is 35.5. The Bertz CT molecular complexity index is 1260. The number of nitrogens with one attached hydrogen (secondary N) is 2. The maximum atomic E-state index is 13.4. The molecule has 0 unspecified atom stereocenters. The average Bonchev–Trinajstić information content (AvgIpc) is 2.79. The monoisotopic (exact) mass is 547 g/mol. The van der Waals surface area contributed by atoms with Crippen LogP contribution in [0.2, 0.25) is 5.02 Å². The topological polar surface area (TPSA) is 54.0 Å². The van der Waals surface area contributed by atoms with E-state index in [1.165, 1.54) is 36.4 Å². The van der Waals surface area contributed by atoms with Gasteiger partial charge in [0.15, 0.2) is 0 Å². The van der Waals surface area contributed by atoms with Crippen molar-refractivity contribution >= 4 is 45.9 Å². The van der Waals surface area contributed by atoms with Gasteiger partial charge >= 0.3 is 11.7 Å². The molecule has 36 heavy (non-hydrogen) atoms. The van der Waals surface area contributed by atoms with Crippen LogP contribution in [0.1, 0.15) is 41.7 Å². The molecule has 0 atom stereocenters. The maximum Gasteiger partial charge on any atom is 0.446 e. The molecule has 1 fully saturated rings. The van der Waals surface area contributed by atoms with E-state index in [9.17, 15) is 31.1 Å². The summed E-state index contributed by atoms with van der Waals surface area (Å²) in [6, 6.07) is 10.4. The Morgan fingerprint density at radius 2 is 1.64 bits per heavy atom. The Hall–Kier alpha value is -2.66. The number of carbonyl (C=O) groups excluding carboxylic acids is 1. The standard InChI is InChI=1S/C24H20ClF6N3OS/c25-14-4-9-19-18(11-14)20(12-21(34-19)23(26,27)28)32-15-5-7-16(8-6-15)33-22(35)13-2-1-3-17(10-13)36-24(29,30)31/h1-4,9-12,15-16H,5-8H2,(H,32,34)(H,33,35)/t15-,16+. The molecule has 2 aromatic carbocycles. The first-order valence-corrected chi connectivity index (χ1v) is 12.2. The molecule has 1 aromatic heterocycles. The van der Waals surface area contributed by atoms with E-state index >= 15 is 0 Å². The molecule has 1 heterocycles. The average molecular weight is 548 g/mol. The third-order valence-electron chi connectivity index (χ3n) is 5.81. The number of hydrogen-bond acceptors (Lipinski definition) is 4. The molecule has 0 aliphatic heterocycles. The normalized spacial score (nSPS) is 18.8. The SMILES string of the molecule is O=C(N[C@H]1CC[C@@H](Nc2cc(C(F)(F)F)nc3ccc(Cl)cc23)CC1)c1cccc(SC(F)(F)F)c1. The molecule has 0 bridgehead atoms. The Morgan fingerprint density at radius 1 is 0.944 bits per heavy atom. The van der Waals surface area contributed by atoms with Crippen molar-refractivity contribution in [3.8, 4) is 0 Å². The summed E-state index contributed by atoms with van der Waals surface area (Å²) in [6.45, 7) is 0. The van der Waals surface area contributed by atoms with Gasteiger partial charge in [0.25, 0.3) is 5.91 Å². The van der Waals surface area contributed by atoms with Crippen molar-refractivity contribution in [1.29, 1.82) is 0 Å². The number of aromatic nitrogens is 1. The Morgan fingerprint density at radius 3 is 2.31 bits per heavy atom. The van der Waals surface area contributed by atoms with Gasteiger partial charge in [0.2, 0.25) is 0 Å². The number of carbonyl (C=O) groups is 1. The zero-order valence-corrected chi connectivity index (χ0v) is 20.1. The molecule has 1 aliphatic rings. The predicted molar refractivity (Wildman–Crippen MR) is 127 cm³/mol. The number of nitrogens with zero attached hydrogens (tertiary/aromatic N) is 1. The highest BCUT2D eigenvalue weighted by Crippen LogP contribution is 2.37. The van der Waals surface area contributed by atoms with Crippen molar-refractivity contribution in [3.05, 3.63) is 64.8 Å². The Balaban J connectivity index is 1.40. The summed E-state index contributed by atoms with van der Waals surface area (Å²) >= 11 is 5.76. The number of hydrogen-bond donors (Lipinski definition) is 2. The van der Waals surface area contributed by atoms with Gasteiger partial charge in [0.1, 0.15) is 5.69 Å². The van der Waals surface area contributed by atoms with E-state index in [2.05, 4.69) is 15.6 Å². The lowest BCUT2D eigenvalue weighted by Gasteiger charge is -2.31. The summed E-state index contributed by atoms with van der Waals surface area (Å²) in [5.41, 5.74) is -4.88. The number of pyridine rings is 1. The van der Waals surface area contributed by atoms with Gasteiger partial charge in [-0.3, -0.25) is 4.79 Å². The fourth-order valence-electron chi connectivity index (χ4n) is 4.17. The number of benzene rings is 2. The minimum atomic E-state index is -4.61. The number of alkyl halides is 6. The molecular weight excluding hydrogens is 528 g/mol. The second-order valence-corrected chi connectivity index (χ2v) is 10.0. The van der Waals surface area contributed by atoms with Crippen LogP contribution in [-0.2, 0) is 6.18 Å². The first-order chi connectivity index (χ1) is 16.9. The van der Waals surface area contributed by atoms with Gasteiger partial charge in [-0.15, -0.1) is 0 Å². The smallest absolute Gasteiger partial charge is 0.382 e. The van der Waals surface area contributed by atoms with Crippen molar-refractivity contribution in [2.24, 2.45) is 0 Å². The van der Waals surface area contributed by atoms with E-state index < -0.39 is 23.3 Å². The van der Waals surface area contributed by atoms with Gasteiger partial charge in [-0.25, -0.2) is 4.98 Å². The number of fused-ring (bicyclic) bond motifs is 1. The molecular formula is C24H20ClF6N3OS.